The van der Waals surface area contributed by atoms with Gasteiger partial charge in [0, 0.05) is 37.1 Å². The third-order valence-corrected chi connectivity index (χ3v) is 7.93. The summed E-state index contributed by atoms with van der Waals surface area (Å²) in [5, 5.41) is 3.23. The molecule has 1 saturated carbocycles. The highest BCUT2D eigenvalue weighted by Gasteiger charge is 2.26. The zero-order valence-corrected chi connectivity index (χ0v) is 19.0. The summed E-state index contributed by atoms with van der Waals surface area (Å²) in [6, 6.07) is 8.72. The third kappa shape index (κ3) is 6.33. The molecule has 0 bridgehead atoms. The highest BCUT2D eigenvalue weighted by molar-refractivity contribution is 7.90. The minimum atomic E-state index is -3.17. The van der Waals surface area contributed by atoms with Gasteiger partial charge in [0.1, 0.15) is 0 Å². The number of nitrogens with zero attached hydrogens (tertiary/aromatic N) is 1. The number of morpholine rings is 1. The molecule has 6 nitrogen and oxygen atoms in total. The van der Waals surface area contributed by atoms with Crippen LogP contribution in [0.4, 0.5) is 11.4 Å². The summed E-state index contributed by atoms with van der Waals surface area (Å²) in [6.07, 6.45) is 4.44. The molecule has 1 saturated heterocycles. The van der Waals surface area contributed by atoms with Crippen molar-refractivity contribution >= 4 is 21.4 Å². The number of nitrogens with one attached hydrogen (secondary N) is 2. The topological polar surface area (TPSA) is 70.7 Å². The van der Waals surface area contributed by atoms with Gasteiger partial charge in [0.05, 0.1) is 17.5 Å². The second-order valence-corrected chi connectivity index (χ2v) is 11.3. The van der Waals surface area contributed by atoms with Crippen molar-refractivity contribution in [2.24, 2.45) is 5.92 Å². The number of benzene rings is 1. The number of hydrogen-bond donors (Lipinski definition) is 2. The third-order valence-electron chi connectivity index (χ3n) is 6.02. The van der Waals surface area contributed by atoms with Crippen LogP contribution >= 0.6 is 0 Å². The van der Waals surface area contributed by atoms with Gasteiger partial charge < -0.3 is 15.0 Å². The molecule has 2 atom stereocenters. The van der Waals surface area contributed by atoms with Gasteiger partial charge in [0.2, 0.25) is 10.0 Å². The highest BCUT2D eigenvalue weighted by atomic mass is 32.2. The van der Waals surface area contributed by atoms with Gasteiger partial charge in [-0.1, -0.05) is 6.07 Å². The highest BCUT2D eigenvalue weighted by Crippen LogP contribution is 2.27. The summed E-state index contributed by atoms with van der Waals surface area (Å²) in [7, 11) is -3.17. The van der Waals surface area contributed by atoms with Crippen LogP contribution < -0.4 is 14.9 Å². The fourth-order valence-corrected chi connectivity index (χ4v) is 5.29. The second-order valence-electron chi connectivity index (χ2n) is 9.02. The Labute approximate surface area is 176 Å². The van der Waals surface area contributed by atoms with Gasteiger partial charge in [-0.25, -0.2) is 13.1 Å². The van der Waals surface area contributed by atoms with E-state index in [1.807, 2.05) is 0 Å². The van der Waals surface area contributed by atoms with Crippen molar-refractivity contribution in [2.45, 2.75) is 76.9 Å². The molecule has 1 aliphatic carbocycles. The lowest BCUT2D eigenvalue weighted by molar-refractivity contribution is -0.00521. The zero-order valence-electron chi connectivity index (χ0n) is 18.2. The summed E-state index contributed by atoms with van der Waals surface area (Å²) < 4.78 is 32.8. The fraction of sp³-hybridized carbons (Fsp3) is 0.727. The number of ether oxygens (including phenoxy) is 1. The largest absolute Gasteiger partial charge is 0.385 e. The van der Waals surface area contributed by atoms with Crippen molar-refractivity contribution in [3.05, 3.63) is 24.3 Å². The molecule has 0 amide bonds. The van der Waals surface area contributed by atoms with E-state index in [-0.39, 0.29) is 23.5 Å². The maximum atomic E-state index is 12.1. The van der Waals surface area contributed by atoms with Crippen LogP contribution in [0, 0.1) is 5.92 Å². The van der Waals surface area contributed by atoms with Gasteiger partial charge in [-0.3, -0.25) is 0 Å². The maximum Gasteiger partial charge on any atom is 0.214 e. The van der Waals surface area contributed by atoms with E-state index in [0.717, 1.165) is 51.0 Å². The molecular formula is C22H37N3O3S. The van der Waals surface area contributed by atoms with Crippen LogP contribution in [-0.4, -0.2) is 51.6 Å². The average molecular weight is 424 g/mol. The minimum absolute atomic E-state index is 0.0901. The molecule has 2 aliphatic rings. The molecule has 0 radical (unpaired) electrons. The molecule has 0 spiro atoms. The van der Waals surface area contributed by atoms with Crippen LogP contribution in [0.3, 0.4) is 0 Å². The van der Waals surface area contributed by atoms with Crippen LogP contribution in [0.1, 0.15) is 53.4 Å². The van der Waals surface area contributed by atoms with Crippen molar-refractivity contribution < 1.29 is 13.2 Å². The molecule has 1 heterocycles. The monoisotopic (exact) mass is 423 g/mol. The summed E-state index contributed by atoms with van der Waals surface area (Å²) in [5.74, 6) is 0.585. The van der Waals surface area contributed by atoms with Gasteiger partial charge >= 0.3 is 0 Å². The lowest BCUT2D eigenvalue weighted by Gasteiger charge is -2.37. The average Bonchev–Trinajstić information content (AvgIpc) is 2.66. The molecule has 0 unspecified atom stereocenters. The molecule has 2 fully saturated rings. The van der Waals surface area contributed by atoms with Crippen LogP contribution in [-0.2, 0) is 14.8 Å². The summed E-state index contributed by atoms with van der Waals surface area (Å²) in [6.45, 7) is 10.5. The molecule has 1 aromatic carbocycles. The van der Waals surface area contributed by atoms with Gasteiger partial charge in [-0.2, -0.15) is 0 Å². The Hall–Kier alpha value is -1.31. The van der Waals surface area contributed by atoms with Crippen molar-refractivity contribution in [2.75, 3.05) is 29.9 Å². The molecule has 7 heteroatoms. The number of sulfonamides is 1. The molecule has 29 heavy (non-hydrogen) atoms. The first-order valence-corrected chi connectivity index (χ1v) is 12.5. The van der Waals surface area contributed by atoms with Crippen LogP contribution in [0.25, 0.3) is 0 Å². The quantitative estimate of drug-likeness (QED) is 0.701. The van der Waals surface area contributed by atoms with E-state index in [4.69, 9.17) is 4.74 Å². The van der Waals surface area contributed by atoms with Crippen molar-refractivity contribution in [3.63, 3.8) is 0 Å². The van der Waals surface area contributed by atoms with Crippen LogP contribution in [0.15, 0.2) is 24.3 Å². The first-order chi connectivity index (χ1) is 13.7. The number of anilines is 2. The summed E-state index contributed by atoms with van der Waals surface area (Å²) >= 11 is 0. The molecule has 1 aromatic rings. The molecule has 2 N–H and O–H groups in total. The minimum Gasteiger partial charge on any atom is -0.385 e. The van der Waals surface area contributed by atoms with Gasteiger partial charge in [0.15, 0.2) is 0 Å². The normalized spacial score (nSPS) is 28.5. The Morgan fingerprint density at radius 2 is 1.76 bits per heavy atom. The smallest absolute Gasteiger partial charge is 0.214 e. The van der Waals surface area contributed by atoms with Gasteiger partial charge in [-0.05, 0) is 77.5 Å². The van der Waals surface area contributed by atoms with E-state index in [9.17, 15) is 8.42 Å². The predicted octanol–water partition coefficient (Wildman–Crippen LogP) is 3.60. The van der Waals surface area contributed by atoms with E-state index >= 15 is 0 Å². The molecule has 3 rings (SSSR count). The number of rotatable bonds is 7. The fourth-order valence-electron chi connectivity index (χ4n) is 4.32. The molecule has 0 aromatic heterocycles. The molecular weight excluding hydrogens is 386 g/mol. The van der Waals surface area contributed by atoms with E-state index < -0.39 is 10.0 Å². The Balaban J connectivity index is 1.48. The number of hydrogen-bond acceptors (Lipinski definition) is 5. The Bertz CT molecular complexity index is 750. The Morgan fingerprint density at radius 1 is 1.10 bits per heavy atom. The van der Waals surface area contributed by atoms with E-state index in [0.29, 0.717) is 5.92 Å². The second kappa shape index (κ2) is 9.67. The zero-order chi connectivity index (χ0) is 21.0. The van der Waals surface area contributed by atoms with E-state index in [2.05, 4.69) is 53.1 Å². The van der Waals surface area contributed by atoms with Crippen LogP contribution in [0.5, 0.6) is 0 Å². The van der Waals surface area contributed by atoms with Crippen molar-refractivity contribution in [1.29, 1.82) is 0 Å². The summed E-state index contributed by atoms with van der Waals surface area (Å²) in [4.78, 5) is 2.40. The van der Waals surface area contributed by atoms with Gasteiger partial charge in [0.25, 0.3) is 0 Å². The SMILES string of the molecule is CC(C)S(=O)(=O)NC1CCC(CNc2cccc(N3C[C@@H](C)O[C@@H](C)C3)c2)CC1. The van der Waals surface area contributed by atoms with E-state index in [1.54, 1.807) is 13.8 Å². The lowest BCUT2D eigenvalue weighted by Crippen LogP contribution is -2.45. The summed E-state index contributed by atoms with van der Waals surface area (Å²) in [5.41, 5.74) is 2.39. The lowest BCUT2D eigenvalue weighted by atomic mass is 9.86. The maximum absolute atomic E-state index is 12.1. The Kier molecular flexibility index (Phi) is 7.46. The predicted molar refractivity (Wildman–Crippen MR) is 120 cm³/mol. The first-order valence-electron chi connectivity index (χ1n) is 11.0. The Morgan fingerprint density at radius 3 is 2.38 bits per heavy atom. The standard InChI is InChI=1S/C22H37N3O3S/c1-16(2)29(26,27)24-20-10-8-19(9-11-20)13-23-21-6-5-7-22(12-21)25-14-17(3)28-18(4)15-25/h5-7,12,16-20,23-24H,8-11,13-15H2,1-4H3/t17-,18+,19?,20?. The van der Waals surface area contributed by atoms with Crippen molar-refractivity contribution in [3.8, 4) is 0 Å². The molecule has 164 valence electrons. The first kappa shape index (κ1) is 22.4. The van der Waals surface area contributed by atoms with Gasteiger partial charge in [-0.15, -0.1) is 0 Å². The molecule has 1 aliphatic heterocycles. The van der Waals surface area contributed by atoms with Crippen LogP contribution in [0.2, 0.25) is 0 Å². The van der Waals surface area contributed by atoms with E-state index in [1.165, 1.54) is 5.69 Å². The van der Waals surface area contributed by atoms with Crippen molar-refractivity contribution in [1.82, 2.24) is 4.72 Å².